The first-order chi connectivity index (χ1) is 7.84. The molecule has 0 saturated carbocycles. The summed E-state index contributed by atoms with van der Waals surface area (Å²) >= 11 is 0. The van der Waals surface area contributed by atoms with Crippen LogP contribution in [0.3, 0.4) is 0 Å². The van der Waals surface area contributed by atoms with Gasteiger partial charge in [-0.1, -0.05) is 30.3 Å². The molecule has 0 radical (unpaired) electrons. The van der Waals surface area contributed by atoms with Gasteiger partial charge in [0.2, 0.25) is 0 Å². The molecule has 0 spiro atoms. The Balaban J connectivity index is 1.68. The van der Waals surface area contributed by atoms with Gasteiger partial charge in [0.05, 0.1) is 0 Å². The molecule has 1 heterocycles. The number of rotatable bonds is 4. The Morgan fingerprint density at radius 3 is 2.88 bits per heavy atom. The van der Waals surface area contributed by atoms with E-state index in [4.69, 9.17) is 0 Å². The largest absolute Gasteiger partial charge is 0.314 e. The van der Waals surface area contributed by atoms with Crippen molar-refractivity contribution in [1.82, 2.24) is 10.6 Å². The highest BCUT2D eigenvalue weighted by Crippen LogP contribution is 2.14. The molecule has 16 heavy (non-hydrogen) atoms. The van der Waals surface area contributed by atoms with Crippen molar-refractivity contribution < 1.29 is 0 Å². The van der Waals surface area contributed by atoms with Gasteiger partial charge in [0.15, 0.2) is 0 Å². The summed E-state index contributed by atoms with van der Waals surface area (Å²) in [5, 5.41) is 7.06. The van der Waals surface area contributed by atoms with Crippen molar-refractivity contribution >= 4 is 0 Å². The lowest BCUT2D eigenvalue weighted by molar-refractivity contribution is 0.304. The molecule has 2 nitrogen and oxygen atoms in total. The van der Waals surface area contributed by atoms with Crippen molar-refractivity contribution in [3.05, 3.63) is 35.9 Å². The van der Waals surface area contributed by atoms with Crippen LogP contribution in [0.5, 0.6) is 0 Å². The van der Waals surface area contributed by atoms with E-state index in [1.54, 1.807) is 0 Å². The Morgan fingerprint density at radius 1 is 1.31 bits per heavy atom. The molecule has 2 rings (SSSR count). The minimum atomic E-state index is 0.692. The minimum absolute atomic E-state index is 0.692. The second-order valence-corrected chi connectivity index (χ2v) is 4.86. The fourth-order valence-corrected chi connectivity index (χ4v) is 2.44. The molecule has 0 aromatic heterocycles. The molecule has 2 N–H and O–H groups in total. The van der Waals surface area contributed by atoms with Crippen LogP contribution >= 0.6 is 0 Å². The number of piperidine rings is 1. The van der Waals surface area contributed by atoms with Crippen molar-refractivity contribution in [2.75, 3.05) is 13.1 Å². The van der Waals surface area contributed by atoms with Crippen molar-refractivity contribution in [2.24, 2.45) is 5.92 Å². The first-order valence-electron chi connectivity index (χ1n) is 6.32. The normalized spacial score (nSPS) is 25.6. The Bertz CT molecular complexity index is 297. The molecule has 0 amide bonds. The molecule has 2 atom stereocenters. The van der Waals surface area contributed by atoms with Crippen LogP contribution in [0.2, 0.25) is 0 Å². The third-order valence-corrected chi connectivity index (χ3v) is 3.34. The van der Waals surface area contributed by atoms with Gasteiger partial charge in [0.25, 0.3) is 0 Å². The first-order valence-corrected chi connectivity index (χ1v) is 6.32. The minimum Gasteiger partial charge on any atom is -0.314 e. The van der Waals surface area contributed by atoms with Gasteiger partial charge in [-0.3, -0.25) is 0 Å². The van der Waals surface area contributed by atoms with Crippen molar-refractivity contribution in [3.8, 4) is 0 Å². The lowest BCUT2D eigenvalue weighted by Crippen LogP contribution is -2.39. The van der Waals surface area contributed by atoms with Gasteiger partial charge in [-0.2, -0.15) is 0 Å². The molecular formula is C14H22N2. The summed E-state index contributed by atoms with van der Waals surface area (Å²) < 4.78 is 0. The van der Waals surface area contributed by atoms with Crippen molar-refractivity contribution in [2.45, 2.75) is 32.4 Å². The van der Waals surface area contributed by atoms with Gasteiger partial charge in [0, 0.05) is 12.6 Å². The van der Waals surface area contributed by atoms with Crippen LogP contribution in [0.25, 0.3) is 0 Å². The molecule has 1 aliphatic heterocycles. The number of benzene rings is 1. The zero-order valence-corrected chi connectivity index (χ0v) is 10.1. The van der Waals surface area contributed by atoms with Crippen molar-refractivity contribution in [1.29, 1.82) is 0 Å². The van der Waals surface area contributed by atoms with E-state index in [-0.39, 0.29) is 0 Å². The van der Waals surface area contributed by atoms with E-state index in [1.165, 1.54) is 24.9 Å². The summed E-state index contributed by atoms with van der Waals surface area (Å²) in [5.74, 6) is 0.847. The van der Waals surface area contributed by atoms with Crippen LogP contribution in [-0.4, -0.2) is 19.1 Å². The van der Waals surface area contributed by atoms with Gasteiger partial charge in [-0.15, -0.1) is 0 Å². The van der Waals surface area contributed by atoms with Crippen LogP contribution in [0.1, 0.15) is 25.3 Å². The third-order valence-electron chi connectivity index (χ3n) is 3.34. The molecule has 2 heteroatoms. The van der Waals surface area contributed by atoms with Gasteiger partial charge >= 0.3 is 0 Å². The maximum absolute atomic E-state index is 3.56. The predicted octanol–water partition coefficient (Wildman–Crippen LogP) is 2.16. The fourth-order valence-electron chi connectivity index (χ4n) is 2.44. The summed E-state index contributed by atoms with van der Waals surface area (Å²) in [5.41, 5.74) is 1.38. The van der Waals surface area contributed by atoms with Crippen LogP contribution in [0, 0.1) is 5.92 Å². The third kappa shape index (κ3) is 3.62. The van der Waals surface area contributed by atoms with E-state index in [9.17, 15) is 0 Å². The zero-order valence-electron chi connectivity index (χ0n) is 10.1. The fraction of sp³-hybridized carbons (Fsp3) is 0.571. The molecule has 0 bridgehead atoms. The van der Waals surface area contributed by atoms with Gasteiger partial charge in [-0.05, 0) is 44.3 Å². The molecular weight excluding hydrogens is 196 g/mol. The quantitative estimate of drug-likeness (QED) is 0.809. The summed E-state index contributed by atoms with van der Waals surface area (Å²) in [7, 11) is 0. The SMILES string of the molecule is CC1CC(CNCc2ccccc2)CCN1. The van der Waals surface area contributed by atoms with Gasteiger partial charge in [-0.25, -0.2) is 0 Å². The monoisotopic (exact) mass is 218 g/mol. The summed E-state index contributed by atoms with van der Waals surface area (Å²) in [4.78, 5) is 0. The molecule has 1 fully saturated rings. The predicted molar refractivity (Wildman–Crippen MR) is 68.3 cm³/mol. The highest BCUT2D eigenvalue weighted by atomic mass is 14.9. The average molecular weight is 218 g/mol. The molecule has 1 saturated heterocycles. The van der Waals surface area contributed by atoms with Gasteiger partial charge in [0.1, 0.15) is 0 Å². The number of nitrogens with one attached hydrogen (secondary N) is 2. The highest BCUT2D eigenvalue weighted by Gasteiger charge is 2.17. The topological polar surface area (TPSA) is 24.1 Å². The first kappa shape index (κ1) is 11.6. The number of hydrogen-bond acceptors (Lipinski definition) is 2. The maximum Gasteiger partial charge on any atom is 0.0205 e. The Labute approximate surface area is 98.4 Å². The smallest absolute Gasteiger partial charge is 0.0205 e. The summed E-state index contributed by atoms with van der Waals surface area (Å²) in [6.45, 7) is 5.61. The van der Waals surface area contributed by atoms with E-state index >= 15 is 0 Å². The van der Waals surface area contributed by atoms with Crippen molar-refractivity contribution in [3.63, 3.8) is 0 Å². The molecule has 1 aliphatic rings. The molecule has 1 aromatic carbocycles. The van der Waals surface area contributed by atoms with E-state index in [2.05, 4.69) is 47.9 Å². The standard InChI is InChI=1S/C14H22N2/c1-12-9-14(7-8-16-12)11-15-10-13-5-3-2-4-6-13/h2-6,12,14-16H,7-11H2,1H3. The Kier molecular flexibility index (Phi) is 4.37. The Morgan fingerprint density at radius 2 is 2.12 bits per heavy atom. The van der Waals surface area contributed by atoms with E-state index < -0.39 is 0 Å². The van der Waals surface area contributed by atoms with Gasteiger partial charge < -0.3 is 10.6 Å². The highest BCUT2D eigenvalue weighted by molar-refractivity contribution is 5.14. The summed E-state index contributed by atoms with van der Waals surface area (Å²) in [6.07, 6.45) is 2.62. The number of hydrogen-bond donors (Lipinski definition) is 2. The second-order valence-electron chi connectivity index (χ2n) is 4.86. The molecule has 0 aliphatic carbocycles. The zero-order chi connectivity index (χ0) is 11.2. The average Bonchev–Trinajstić information content (AvgIpc) is 2.30. The van der Waals surface area contributed by atoms with E-state index in [1.807, 2.05) is 0 Å². The lowest BCUT2D eigenvalue weighted by atomic mass is 9.93. The molecule has 1 aromatic rings. The second kappa shape index (κ2) is 6.02. The summed E-state index contributed by atoms with van der Waals surface area (Å²) in [6, 6.07) is 11.3. The van der Waals surface area contributed by atoms with Crippen LogP contribution in [-0.2, 0) is 6.54 Å². The maximum atomic E-state index is 3.56. The van der Waals surface area contributed by atoms with E-state index in [0.717, 1.165) is 19.0 Å². The van der Waals surface area contributed by atoms with Crippen LogP contribution in [0.15, 0.2) is 30.3 Å². The van der Waals surface area contributed by atoms with E-state index in [0.29, 0.717) is 6.04 Å². The van der Waals surface area contributed by atoms with Crippen LogP contribution in [0.4, 0.5) is 0 Å². The molecule has 2 unspecified atom stereocenters. The van der Waals surface area contributed by atoms with Crippen LogP contribution < -0.4 is 10.6 Å². The lowest BCUT2D eigenvalue weighted by Gasteiger charge is -2.28. The Hall–Kier alpha value is -0.860. The molecule has 88 valence electrons.